The molecule has 1 aromatic heterocycles. The van der Waals surface area contributed by atoms with E-state index in [1.54, 1.807) is 23.9 Å². The number of carbonyl (C=O) groups excluding carboxylic acids is 1. The minimum absolute atomic E-state index is 0.116. The van der Waals surface area contributed by atoms with E-state index in [-0.39, 0.29) is 10.8 Å². The van der Waals surface area contributed by atoms with Crippen LogP contribution in [0.1, 0.15) is 36.5 Å². The predicted molar refractivity (Wildman–Crippen MR) is 126 cm³/mol. The predicted octanol–water partition coefficient (Wildman–Crippen LogP) is 2.91. The van der Waals surface area contributed by atoms with Gasteiger partial charge in [0.15, 0.2) is 4.34 Å². The number of rotatable bonds is 7. The molecular formula is C20H27N5O4S3. The van der Waals surface area contributed by atoms with E-state index < -0.39 is 10.0 Å². The molecule has 174 valence electrons. The first-order chi connectivity index (χ1) is 15.5. The smallest absolute Gasteiger partial charge is 0.259 e. The molecular weight excluding hydrogens is 470 g/mol. The summed E-state index contributed by atoms with van der Waals surface area (Å²) in [6, 6.07) is 4.85. The van der Waals surface area contributed by atoms with Gasteiger partial charge in [0.2, 0.25) is 15.2 Å². The number of nitrogens with one attached hydrogen (secondary N) is 1. The number of sulfonamides is 1. The van der Waals surface area contributed by atoms with Gasteiger partial charge in [-0.1, -0.05) is 30.0 Å². The van der Waals surface area contributed by atoms with Crippen LogP contribution in [0, 0.1) is 0 Å². The number of morpholine rings is 1. The molecule has 0 unspecified atom stereocenters. The van der Waals surface area contributed by atoms with Crippen LogP contribution >= 0.6 is 23.1 Å². The Morgan fingerprint density at radius 2 is 1.91 bits per heavy atom. The summed E-state index contributed by atoms with van der Waals surface area (Å²) in [5.41, 5.74) is 1.08. The van der Waals surface area contributed by atoms with Gasteiger partial charge in [-0.25, -0.2) is 8.42 Å². The lowest BCUT2D eigenvalue weighted by molar-refractivity contribution is 0.0730. The number of ether oxygens (including phenoxy) is 1. The van der Waals surface area contributed by atoms with E-state index in [9.17, 15) is 13.2 Å². The van der Waals surface area contributed by atoms with Crippen LogP contribution in [0.15, 0.2) is 27.4 Å². The normalized spacial score (nSPS) is 18.0. The van der Waals surface area contributed by atoms with E-state index in [4.69, 9.17) is 4.74 Å². The Labute approximate surface area is 196 Å². The van der Waals surface area contributed by atoms with Gasteiger partial charge in [-0.2, -0.15) is 4.31 Å². The minimum atomic E-state index is -3.72. The Morgan fingerprint density at radius 1 is 1.16 bits per heavy atom. The molecule has 0 atom stereocenters. The first-order valence-electron chi connectivity index (χ1n) is 10.7. The average Bonchev–Trinajstić information content (AvgIpc) is 3.26. The molecule has 1 amide bonds. The summed E-state index contributed by atoms with van der Waals surface area (Å²) in [5.74, 6) is 0.483. The zero-order chi connectivity index (χ0) is 22.6. The summed E-state index contributed by atoms with van der Waals surface area (Å²) in [5, 5.41) is 11.3. The minimum Gasteiger partial charge on any atom is -0.379 e. The zero-order valence-corrected chi connectivity index (χ0v) is 20.4. The number of hydrogen-bond donors (Lipinski definition) is 1. The van der Waals surface area contributed by atoms with E-state index in [1.807, 2.05) is 6.92 Å². The Hall–Kier alpha value is -1.73. The number of piperidine rings is 1. The number of anilines is 2. The fraction of sp³-hybridized carbons (Fsp3) is 0.550. The molecule has 2 aromatic rings. The molecule has 0 bridgehead atoms. The van der Waals surface area contributed by atoms with E-state index in [2.05, 4.69) is 20.4 Å². The quantitative estimate of drug-likeness (QED) is 0.460. The summed E-state index contributed by atoms with van der Waals surface area (Å²) >= 11 is 2.87. The number of benzene rings is 1. The van der Waals surface area contributed by atoms with Crippen LogP contribution in [0.5, 0.6) is 0 Å². The molecule has 0 saturated carbocycles. The Morgan fingerprint density at radius 3 is 2.62 bits per heavy atom. The second-order valence-electron chi connectivity index (χ2n) is 7.50. The van der Waals surface area contributed by atoms with Crippen LogP contribution < -0.4 is 10.2 Å². The van der Waals surface area contributed by atoms with Crippen LogP contribution in [0.4, 0.5) is 10.8 Å². The molecule has 1 N–H and O–H groups in total. The third-order valence-corrected chi connectivity index (χ3v) is 9.16. The molecule has 0 radical (unpaired) electrons. The molecule has 2 saturated heterocycles. The standard InChI is InChI=1S/C20H27N5O4S3/c1-2-30-20-23-22-19(31-20)21-18(26)16-14-15(32(27,28)25-10-12-29-13-11-25)6-7-17(16)24-8-4-3-5-9-24/h6-7,14H,2-5,8-13H2,1H3,(H,21,22,26). The largest absolute Gasteiger partial charge is 0.379 e. The van der Waals surface area contributed by atoms with Crippen molar-refractivity contribution < 1.29 is 17.9 Å². The highest BCUT2D eigenvalue weighted by Gasteiger charge is 2.29. The molecule has 9 nitrogen and oxygen atoms in total. The van der Waals surface area contributed by atoms with Gasteiger partial charge >= 0.3 is 0 Å². The molecule has 32 heavy (non-hydrogen) atoms. The van der Waals surface area contributed by atoms with Gasteiger partial charge in [0.25, 0.3) is 5.91 Å². The van der Waals surface area contributed by atoms with Crippen molar-refractivity contribution in [3.8, 4) is 0 Å². The van der Waals surface area contributed by atoms with Gasteiger partial charge in [-0.15, -0.1) is 10.2 Å². The molecule has 0 spiro atoms. The zero-order valence-electron chi connectivity index (χ0n) is 17.9. The van der Waals surface area contributed by atoms with Crippen LogP contribution in [-0.4, -0.2) is 74.0 Å². The van der Waals surface area contributed by atoms with Crippen molar-refractivity contribution in [2.45, 2.75) is 35.4 Å². The molecule has 2 aliphatic rings. The molecule has 2 aliphatic heterocycles. The van der Waals surface area contributed by atoms with Crippen LogP contribution in [0.25, 0.3) is 0 Å². The topological polar surface area (TPSA) is 105 Å². The molecule has 2 fully saturated rings. The average molecular weight is 498 g/mol. The number of amides is 1. The van der Waals surface area contributed by atoms with Crippen molar-refractivity contribution in [2.75, 3.05) is 55.4 Å². The molecule has 0 aliphatic carbocycles. The van der Waals surface area contributed by atoms with Crippen LogP contribution in [-0.2, 0) is 14.8 Å². The maximum absolute atomic E-state index is 13.3. The Balaban J connectivity index is 1.66. The van der Waals surface area contributed by atoms with Gasteiger partial charge in [-0.3, -0.25) is 10.1 Å². The van der Waals surface area contributed by atoms with Gasteiger partial charge in [0.1, 0.15) is 0 Å². The number of aromatic nitrogens is 2. The van der Waals surface area contributed by atoms with Crippen molar-refractivity contribution >= 4 is 49.8 Å². The van der Waals surface area contributed by atoms with E-state index >= 15 is 0 Å². The van der Waals surface area contributed by atoms with Gasteiger partial charge in [0.05, 0.1) is 23.7 Å². The lowest BCUT2D eigenvalue weighted by Gasteiger charge is -2.31. The maximum atomic E-state index is 13.3. The maximum Gasteiger partial charge on any atom is 0.259 e. The van der Waals surface area contributed by atoms with E-state index in [0.717, 1.165) is 48.1 Å². The summed E-state index contributed by atoms with van der Waals surface area (Å²) < 4.78 is 33.8. The van der Waals surface area contributed by atoms with Crippen molar-refractivity contribution in [1.82, 2.24) is 14.5 Å². The Kier molecular flexibility index (Phi) is 7.66. The van der Waals surface area contributed by atoms with Crippen molar-refractivity contribution in [2.24, 2.45) is 0 Å². The Bertz CT molecular complexity index is 1050. The number of hydrogen-bond acceptors (Lipinski definition) is 9. The number of carbonyl (C=O) groups is 1. The van der Waals surface area contributed by atoms with Crippen molar-refractivity contribution in [1.29, 1.82) is 0 Å². The highest BCUT2D eigenvalue weighted by molar-refractivity contribution is 8.01. The molecule has 1 aromatic carbocycles. The van der Waals surface area contributed by atoms with E-state index in [0.29, 0.717) is 37.0 Å². The van der Waals surface area contributed by atoms with Crippen molar-refractivity contribution in [3.63, 3.8) is 0 Å². The fourth-order valence-electron chi connectivity index (χ4n) is 3.81. The third kappa shape index (κ3) is 5.25. The summed E-state index contributed by atoms with van der Waals surface area (Å²) in [7, 11) is -3.72. The van der Waals surface area contributed by atoms with Crippen LogP contribution in [0.3, 0.4) is 0 Å². The monoisotopic (exact) mass is 497 g/mol. The van der Waals surface area contributed by atoms with E-state index in [1.165, 1.54) is 21.7 Å². The highest BCUT2D eigenvalue weighted by atomic mass is 32.2. The second-order valence-corrected chi connectivity index (χ2v) is 11.9. The first-order valence-corrected chi connectivity index (χ1v) is 14.0. The highest BCUT2D eigenvalue weighted by Crippen LogP contribution is 2.30. The van der Waals surface area contributed by atoms with Gasteiger partial charge in [-0.05, 0) is 43.2 Å². The molecule has 4 rings (SSSR count). The number of thioether (sulfide) groups is 1. The summed E-state index contributed by atoms with van der Waals surface area (Å²) in [6.45, 7) is 5.05. The lowest BCUT2D eigenvalue weighted by atomic mass is 10.1. The fourth-order valence-corrected chi connectivity index (χ4v) is 6.89. The van der Waals surface area contributed by atoms with Gasteiger partial charge in [0, 0.05) is 31.9 Å². The van der Waals surface area contributed by atoms with Crippen molar-refractivity contribution in [3.05, 3.63) is 23.8 Å². The first kappa shape index (κ1) is 23.4. The SMILES string of the molecule is CCSc1nnc(NC(=O)c2cc(S(=O)(=O)N3CCOCC3)ccc2N2CCCCC2)s1. The summed E-state index contributed by atoms with van der Waals surface area (Å²) in [6.07, 6.45) is 3.25. The molecule has 12 heteroatoms. The summed E-state index contributed by atoms with van der Waals surface area (Å²) in [4.78, 5) is 15.5. The third-order valence-electron chi connectivity index (χ3n) is 5.41. The molecule has 3 heterocycles. The second kappa shape index (κ2) is 10.5. The lowest BCUT2D eigenvalue weighted by Crippen LogP contribution is -2.40. The van der Waals surface area contributed by atoms with Crippen LogP contribution in [0.2, 0.25) is 0 Å². The van der Waals surface area contributed by atoms with Gasteiger partial charge < -0.3 is 9.64 Å². The number of nitrogens with zero attached hydrogens (tertiary/aromatic N) is 4.